The zero-order valence-electron chi connectivity index (χ0n) is 11.3. The van der Waals surface area contributed by atoms with Crippen LogP contribution in [-0.4, -0.2) is 12.4 Å². The van der Waals surface area contributed by atoms with Gasteiger partial charge in [-0.25, -0.2) is 0 Å². The summed E-state index contributed by atoms with van der Waals surface area (Å²) >= 11 is 1.57. The Hall–Kier alpha value is -2.07. The highest BCUT2D eigenvalue weighted by molar-refractivity contribution is 7.10. The Morgan fingerprint density at radius 1 is 1.40 bits per heavy atom. The van der Waals surface area contributed by atoms with Crippen LogP contribution < -0.4 is 9.47 Å². The van der Waals surface area contributed by atoms with Gasteiger partial charge in [-0.1, -0.05) is 6.07 Å². The van der Waals surface area contributed by atoms with Crippen LogP contribution in [0.25, 0.3) is 6.08 Å². The van der Waals surface area contributed by atoms with Gasteiger partial charge in [0.05, 0.1) is 12.2 Å². The highest BCUT2D eigenvalue weighted by Gasteiger charge is 2.29. The van der Waals surface area contributed by atoms with Gasteiger partial charge >= 0.3 is 0 Å². The zero-order chi connectivity index (χ0) is 14.1. The SMILES string of the molecule is CCOc1cc(C)c2c(c1)O/C(=C\c1cccs1)C2=O. The number of ether oxygens (including phenoxy) is 2. The molecule has 0 N–H and O–H groups in total. The lowest BCUT2D eigenvalue weighted by molar-refractivity contribution is 0.101. The maximum atomic E-state index is 12.4. The number of carbonyl (C=O) groups is 1. The van der Waals surface area contributed by atoms with Crippen LogP contribution in [0.1, 0.15) is 27.7 Å². The van der Waals surface area contributed by atoms with Crippen LogP contribution in [0.2, 0.25) is 0 Å². The number of rotatable bonds is 3. The molecule has 1 aromatic carbocycles. The molecule has 0 unspecified atom stereocenters. The first-order chi connectivity index (χ1) is 9.69. The first kappa shape index (κ1) is 12.9. The molecule has 1 aromatic heterocycles. The predicted molar refractivity (Wildman–Crippen MR) is 79.6 cm³/mol. The summed E-state index contributed by atoms with van der Waals surface area (Å²) in [4.78, 5) is 13.4. The van der Waals surface area contributed by atoms with Gasteiger partial charge in [0.2, 0.25) is 5.78 Å². The van der Waals surface area contributed by atoms with Crippen LogP contribution in [0.15, 0.2) is 35.4 Å². The van der Waals surface area contributed by atoms with Crippen molar-refractivity contribution >= 4 is 23.2 Å². The third-order valence-corrected chi connectivity index (χ3v) is 3.89. The lowest BCUT2D eigenvalue weighted by atomic mass is 10.0. The van der Waals surface area contributed by atoms with E-state index in [1.807, 2.05) is 37.4 Å². The van der Waals surface area contributed by atoms with E-state index in [0.29, 0.717) is 23.7 Å². The second kappa shape index (κ2) is 5.13. The maximum Gasteiger partial charge on any atom is 0.232 e. The summed E-state index contributed by atoms with van der Waals surface area (Å²) in [6.45, 7) is 4.41. The van der Waals surface area contributed by atoms with Gasteiger partial charge < -0.3 is 9.47 Å². The fraction of sp³-hybridized carbons (Fsp3) is 0.188. The normalized spacial score (nSPS) is 15.3. The number of hydrogen-bond donors (Lipinski definition) is 0. The van der Waals surface area contributed by atoms with Crippen molar-refractivity contribution < 1.29 is 14.3 Å². The topological polar surface area (TPSA) is 35.5 Å². The molecule has 20 heavy (non-hydrogen) atoms. The molecule has 3 rings (SSSR count). The lowest BCUT2D eigenvalue weighted by Gasteiger charge is -2.06. The van der Waals surface area contributed by atoms with E-state index in [2.05, 4.69) is 0 Å². The first-order valence-corrected chi connectivity index (χ1v) is 7.32. The van der Waals surface area contributed by atoms with Crippen molar-refractivity contribution in [3.63, 3.8) is 0 Å². The van der Waals surface area contributed by atoms with Crippen molar-refractivity contribution in [1.82, 2.24) is 0 Å². The van der Waals surface area contributed by atoms with Gasteiger partial charge in [-0.05, 0) is 36.9 Å². The first-order valence-electron chi connectivity index (χ1n) is 6.44. The van der Waals surface area contributed by atoms with Gasteiger partial charge in [0, 0.05) is 17.0 Å². The molecule has 0 radical (unpaired) electrons. The van der Waals surface area contributed by atoms with Gasteiger partial charge in [0.1, 0.15) is 11.5 Å². The molecule has 0 atom stereocenters. The second-order valence-corrected chi connectivity index (χ2v) is 5.48. The summed E-state index contributed by atoms with van der Waals surface area (Å²) in [5.41, 5.74) is 1.52. The smallest absolute Gasteiger partial charge is 0.232 e. The van der Waals surface area contributed by atoms with Gasteiger partial charge in [0.25, 0.3) is 0 Å². The van der Waals surface area contributed by atoms with Crippen molar-refractivity contribution in [3.8, 4) is 11.5 Å². The van der Waals surface area contributed by atoms with Crippen LogP contribution in [-0.2, 0) is 0 Å². The number of hydrogen-bond acceptors (Lipinski definition) is 4. The quantitative estimate of drug-likeness (QED) is 0.798. The minimum Gasteiger partial charge on any atom is -0.494 e. The Morgan fingerprint density at radius 3 is 2.95 bits per heavy atom. The summed E-state index contributed by atoms with van der Waals surface area (Å²) in [7, 11) is 0. The summed E-state index contributed by atoms with van der Waals surface area (Å²) in [6.07, 6.45) is 1.78. The number of thiophene rings is 1. The minimum atomic E-state index is -0.0612. The third-order valence-electron chi connectivity index (χ3n) is 3.07. The Morgan fingerprint density at radius 2 is 2.25 bits per heavy atom. The Bertz CT molecular complexity index is 684. The van der Waals surface area contributed by atoms with Crippen LogP contribution in [0, 0.1) is 6.92 Å². The number of fused-ring (bicyclic) bond motifs is 1. The van der Waals surface area contributed by atoms with E-state index in [-0.39, 0.29) is 5.78 Å². The highest BCUT2D eigenvalue weighted by Crippen LogP contribution is 2.37. The maximum absolute atomic E-state index is 12.4. The minimum absolute atomic E-state index is 0.0612. The molecule has 0 saturated heterocycles. The van der Waals surface area contributed by atoms with Crippen molar-refractivity contribution in [2.45, 2.75) is 13.8 Å². The van der Waals surface area contributed by atoms with Crippen LogP contribution in [0.4, 0.5) is 0 Å². The highest BCUT2D eigenvalue weighted by atomic mass is 32.1. The number of ketones is 1. The third kappa shape index (κ3) is 2.23. The van der Waals surface area contributed by atoms with Crippen molar-refractivity contribution in [1.29, 1.82) is 0 Å². The molecule has 1 aliphatic heterocycles. The number of benzene rings is 1. The van der Waals surface area contributed by atoms with Crippen molar-refractivity contribution in [2.24, 2.45) is 0 Å². The Labute approximate surface area is 121 Å². The van der Waals surface area contributed by atoms with Gasteiger partial charge in [0.15, 0.2) is 5.76 Å². The molecule has 0 aliphatic carbocycles. The molecule has 0 saturated carbocycles. The van der Waals surface area contributed by atoms with Crippen LogP contribution in [0.3, 0.4) is 0 Å². The second-order valence-electron chi connectivity index (χ2n) is 4.50. The van der Waals surface area contributed by atoms with E-state index in [0.717, 1.165) is 16.2 Å². The molecule has 0 bridgehead atoms. The molecule has 0 amide bonds. The molecule has 4 heteroatoms. The van der Waals surface area contributed by atoms with Gasteiger partial charge in [-0.15, -0.1) is 11.3 Å². The Kier molecular flexibility index (Phi) is 3.32. The van der Waals surface area contributed by atoms with Crippen molar-refractivity contribution in [3.05, 3.63) is 51.4 Å². The molecular weight excluding hydrogens is 272 g/mol. The fourth-order valence-electron chi connectivity index (χ4n) is 2.23. The number of Topliss-reactive ketones (excluding diaryl/α,β-unsaturated/α-hetero) is 1. The number of carbonyl (C=O) groups excluding carboxylic acids is 1. The van der Waals surface area contributed by atoms with Crippen LogP contribution >= 0.6 is 11.3 Å². The monoisotopic (exact) mass is 286 g/mol. The van der Waals surface area contributed by atoms with Gasteiger partial charge in [-0.2, -0.15) is 0 Å². The van der Waals surface area contributed by atoms with E-state index in [4.69, 9.17) is 9.47 Å². The lowest BCUT2D eigenvalue weighted by Crippen LogP contribution is -1.99. The standard InChI is InChI=1S/C16H14O3S/c1-3-18-11-7-10(2)15-13(8-11)19-14(16(15)17)9-12-5-4-6-20-12/h4-9H,3H2,1-2H3/b14-9-. The van der Waals surface area contributed by atoms with Crippen molar-refractivity contribution in [2.75, 3.05) is 6.61 Å². The zero-order valence-corrected chi connectivity index (χ0v) is 12.1. The summed E-state index contributed by atoms with van der Waals surface area (Å²) in [6, 6.07) is 7.55. The number of allylic oxidation sites excluding steroid dienone is 1. The summed E-state index contributed by atoms with van der Waals surface area (Å²) in [5, 5.41) is 1.97. The van der Waals surface area contributed by atoms with E-state index in [1.54, 1.807) is 23.5 Å². The Balaban J connectivity index is 2.00. The molecule has 0 fully saturated rings. The summed E-state index contributed by atoms with van der Waals surface area (Å²) < 4.78 is 11.2. The molecule has 0 spiro atoms. The van der Waals surface area contributed by atoms with Crippen LogP contribution in [0.5, 0.6) is 11.5 Å². The average molecular weight is 286 g/mol. The van der Waals surface area contributed by atoms with E-state index < -0.39 is 0 Å². The fourth-order valence-corrected chi connectivity index (χ4v) is 2.88. The molecular formula is C16H14O3S. The largest absolute Gasteiger partial charge is 0.494 e. The molecule has 102 valence electrons. The van der Waals surface area contributed by atoms with E-state index >= 15 is 0 Å². The van der Waals surface area contributed by atoms with E-state index in [9.17, 15) is 4.79 Å². The molecule has 2 heterocycles. The molecule has 2 aromatic rings. The average Bonchev–Trinajstić information content (AvgIpc) is 3.00. The molecule has 1 aliphatic rings. The summed E-state index contributed by atoms with van der Waals surface area (Å²) in [5.74, 6) is 1.63. The van der Waals surface area contributed by atoms with E-state index in [1.165, 1.54) is 0 Å². The molecule has 3 nitrogen and oxygen atoms in total. The predicted octanol–water partition coefficient (Wildman–Crippen LogP) is 4.07. The number of aryl methyl sites for hydroxylation is 1. The van der Waals surface area contributed by atoms with Gasteiger partial charge in [-0.3, -0.25) is 4.79 Å².